The van der Waals surface area contributed by atoms with E-state index in [9.17, 15) is 4.79 Å². The van der Waals surface area contributed by atoms with Crippen LogP contribution in [0.15, 0.2) is 72.0 Å². The van der Waals surface area contributed by atoms with Crippen LogP contribution in [0.25, 0.3) is 0 Å². The Morgan fingerprint density at radius 1 is 1.00 bits per heavy atom. The van der Waals surface area contributed by atoms with Crippen molar-refractivity contribution in [1.29, 1.82) is 0 Å². The highest BCUT2D eigenvalue weighted by Gasteiger charge is 2.31. The summed E-state index contributed by atoms with van der Waals surface area (Å²) in [4.78, 5) is 21.3. The third kappa shape index (κ3) is 2.93. The van der Waals surface area contributed by atoms with E-state index in [4.69, 9.17) is 9.73 Å². The number of carbonyl (C=O) groups excluding carboxylic acids is 1. The van der Waals surface area contributed by atoms with Gasteiger partial charge in [0.05, 0.1) is 18.2 Å². The molecule has 132 valence electrons. The second-order valence-corrected chi connectivity index (χ2v) is 7.03. The second-order valence-electron chi connectivity index (χ2n) is 7.03. The molecule has 3 heterocycles. The number of aliphatic imine (C=N–C) groups is 1. The molecule has 1 atom stereocenters. The molecular formula is C23H18N2O2. The summed E-state index contributed by atoms with van der Waals surface area (Å²) in [6.45, 7) is 0.616. The number of benzene rings is 2. The maximum atomic E-state index is 12.5. The summed E-state index contributed by atoms with van der Waals surface area (Å²) in [7, 11) is 0. The van der Waals surface area contributed by atoms with Gasteiger partial charge in [-0.1, -0.05) is 30.3 Å². The summed E-state index contributed by atoms with van der Waals surface area (Å²) in [6, 6.07) is 18.2. The third-order valence-corrected chi connectivity index (χ3v) is 5.24. The summed E-state index contributed by atoms with van der Waals surface area (Å²) in [5, 5.41) is 0. The number of carbonyl (C=O) groups is 1. The Morgan fingerprint density at radius 3 is 2.63 bits per heavy atom. The molecule has 0 saturated heterocycles. The fraction of sp³-hybridized carbons (Fsp3) is 0.174. The van der Waals surface area contributed by atoms with E-state index in [1.54, 1.807) is 12.4 Å². The normalized spacial score (nSPS) is 17.7. The van der Waals surface area contributed by atoms with Gasteiger partial charge < -0.3 is 4.74 Å². The highest BCUT2D eigenvalue weighted by molar-refractivity contribution is 6.15. The summed E-state index contributed by atoms with van der Waals surface area (Å²) in [6.07, 6.45) is 4.96. The average molecular weight is 354 g/mol. The molecule has 0 spiro atoms. The lowest BCUT2D eigenvalue weighted by Gasteiger charge is -2.24. The van der Waals surface area contributed by atoms with Crippen LogP contribution in [0, 0.1) is 5.92 Å². The minimum Gasteiger partial charge on any atom is -0.426 e. The van der Waals surface area contributed by atoms with Crippen LogP contribution in [0.5, 0.6) is 5.75 Å². The molecule has 0 amide bonds. The van der Waals surface area contributed by atoms with Gasteiger partial charge in [-0.05, 0) is 53.8 Å². The maximum Gasteiger partial charge on any atom is 0.315 e. The van der Waals surface area contributed by atoms with E-state index < -0.39 is 0 Å². The zero-order chi connectivity index (χ0) is 18.2. The molecule has 0 saturated carbocycles. The predicted molar refractivity (Wildman–Crippen MR) is 103 cm³/mol. The minimum atomic E-state index is -0.152. The lowest BCUT2D eigenvalue weighted by molar-refractivity contribution is -0.140. The number of pyridine rings is 1. The third-order valence-electron chi connectivity index (χ3n) is 5.24. The van der Waals surface area contributed by atoms with Crippen LogP contribution in [-0.2, 0) is 24.2 Å². The predicted octanol–water partition coefficient (Wildman–Crippen LogP) is 3.75. The highest BCUT2D eigenvalue weighted by Crippen LogP contribution is 2.35. The van der Waals surface area contributed by atoms with Gasteiger partial charge in [-0.3, -0.25) is 14.8 Å². The van der Waals surface area contributed by atoms with Crippen LogP contribution in [0.3, 0.4) is 0 Å². The average Bonchev–Trinajstić information content (AvgIpc) is 3.11. The van der Waals surface area contributed by atoms with Crippen molar-refractivity contribution in [3.05, 3.63) is 94.8 Å². The van der Waals surface area contributed by atoms with Gasteiger partial charge in [0.25, 0.3) is 0 Å². The number of esters is 1. The molecule has 0 bridgehead atoms. The van der Waals surface area contributed by atoms with Gasteiger partial charge in [0.2, 0.25) is 0 Å². The second kappa shape index (κ2) is 6.47. The monoisotopic (exact) mass is 354 g/mol. The van der Waals surface area contributed by atoms with Crippen LogP contribution >= 0.6 is 0 Å². The van der Waals surface area contributed by atoms with E-state index in [1.165, 1.54) is 0 Å². The van der Waals surface area contributed by atoms with E-state index in [0.29, 0.717) is 25.1 Å². The van der Waals surface area contributed by atoms with E-state index in [-0.39, 0.29) is 11.9 Å². The van der Waals surface area contributed by atoms with Crippen LogP contribution in [0.2, 0.25) is 0 Å². The summed E-state index contributed by atoms with van der Waals surface area (Å²) >= 11 is 0. The van der Waals surface area contributed by atoms with E-state index in [1.807, 2.05) is 36.4 Å². The first kappa shape index (κ1) is 15.9. The molecule has 3 aromatic rings. The number of nitrogens with zero attached hydrogens (tertiary/aromatic N) is 2. The lowest BCUT2D eigenvalue weighted by Crippen LogP contribution is -2.29. The van der Waals surface area contributed by atoms with Gasteiger partial charge in [0.1, 0.15) is 5.75 Å². The Morgan fingerprint density at radius 2 is 1.81 bits per heavy atom. The highest BCUT2D eigenvalue weighted by atomic mass is 16.5. The molecule has 2 aliphatic heterocycles. The van der Waals surface area contributed by atoms with Crippen molar-refractivity contribution in [3.63, 3.8) is 0 Å². The van der Waals surface area contributed by atoms with E-state index in [2.05, 4.69) is 23.2 Å². The van der Waals surface area contributed by atoms with Gasteiger partial charge >= 0.3 is 5.97 Å². The Labute approximate surface area is 157 Å². The van der Waals surface area contributed by atoms with E-state index in [0.717, 1.165) is 33.5 Å². The topological polar surface area (TPSA) is 51.5 Å². The van der Waals surface area contributed by atoms with Gasteiger partial charge in [0.15, 0.2) is 0 Å². The first-order valence-corrected chi connectivity index (χ1v) is 9.14. The standard InChI is InChI=1S/C23H18N2O2/c26-23-18(10-15-4-2-1-3-5-15)11-17-12-20-19(13-21(17)27-23)14-25-22(20)16-6-8-24-9-7-16/h1-9,12-13,18H,10-11,14H2. The molecule has 4 heteroatoms. The summed E-state index contributed by atoms with van der Waals surface area (Å²) in [5.41, 5.74) is 6.54. The van der Waals surface area contributed by atoms with Crippen LogP contribution in [0.1, 0.15) is 27.8 Å². The van der Waals surface area contributed by atoms with Gasteiger partial charge in [-0.25, -0.2) is 0 Å². The molecule has 0 N–H and O–H groups in total. The van der Waals surface area contributed by atoms with Gasteiger partial charge in [0, 0.05) is 23.5 Å². The first-order chi connectivity index (χ1) is 13.3. The van der Waals surface area contributed by atoms with Crippen molar-refractivity contribution in [3.8, 4) is 5.75 Å². The van der Waals surface area contributed by atoms with Crippen LogP contribution < -0.4 is 4.74 Å². The molecule has 5 rings (SSSR count). The van der Waals surface area contributed by atoms with E-state index >= 15 is 0 Å². The molecule has 2 aliphatic rings. The minimum absolute atomic E-state index is 0.139. The van der Waals surface area contributed by atoms with Crippen molar-refractivity contribution < 1.29 is 9.53 Å². The fourth-order valence-electron chi connectivity index (χ4n) is 3.87. The quantitative estimate of drug-likeness (QED) is 0.532. The number of aromatic nitrogens is 1. The summed E-state index contributed by atoms with van der Waals surface area (Å²) < 4.78 is 5.68. The fourth-order valence-corrected chi connectivity index (χ4v) is 3.87. The summed E-state index contributed by atoms with van der Waals surface area (Å²) in [5.74, 6) is 0.398. The molecule has 0 aliphatic carbocycles. The molecule has 1 unspecified atom stereocenters. The Kier molecular flexibility index (Phi) is 3.82. The molecular weight excluding hydrogens is 336 g/mol. The zero-order valence-corrected chi connectivity index (χ0v) is 14.8. The SMILES string of the molecule is O=C1Oc2cc3c(cc2CC1Cc1ccccc1)C(c1ccncc1)=NC3. The number of fused-ring (bicyclic) bond motifs is 2. The first-order valence-electron chi connectivity index (χ1n) is 9.14. The van der Waals surface area contributed by atoms with Gasteiger partial charge in [-0.15, -0.1) is 0 Å². The van der Waals surface area contributed by atoms with Crippen LogP contribution in [-0.4, -0.2) is 16.7 Å². The van der Waals surface area contributed by atoms with Gasteiger partial charge in [-0.2, -0.15) is 0 Å². The molecule has 4 nitrogen and oxygen atoms in total. The molecule has 0 radical (unpaired) electrons. The Hall–Kier alpha value is -3.27. The zero-order valence-electron chi connectivity index (χ0n) is 14.8. The molecule has 27 heavy (non-hydrogen) atoms. The van der Waals surface area contributed by atoms with Crippen molar-refractivity contribution in [2.45, 2.75) is 19.4 Å². The largest absolute Gasteiger partial charge is 0.426 e. The maximum absolute atomic E-state index is 12.5. The number of rotatable bonds is 3. The molecule has 1 aromatic heterocycles. The molecule has 0 fully saturated rings. The van der Waals surface area contributed by atoms with Crippen molar-refractivity contribution in [1.82, 2.24) is 4.98 Å². The van der Waals surface area contributed by atoms with Crippen LogP contribution in [0.4, 0.5) is 0 Å². The van der Waals surface area contributed by atoms with Crippen molar-refractivity contribution in [2.75, 3.05) is 0 Å². The number of ether oxygens (including phenoxy) is 1. The molecule has 2 aromatic carbocycles. The Balaban J connectivity index is 1.46. The smallest absolute Gasteiger partial charge is 0.315 e. The lowest BCUT2D eigenvalue weighted by atomic mass is 9.88. The van der Waals surface area contributed by atoms with Crippen molar-refractivity contribution >= 4 is 11.7 Å². The number of hydrogen-bond acceptors (Lipinski definition) is 4. The van der Waals surface area contributed by atoms with Crippen molar-refractivity contribution in [2.24, 2.45) is 10.9 Å². The number of hydrogen-bond donors (Lipinski definition) is 0. The Bertz CT molecular complexity index is 1040.